The molecule has 0 radical (unpaired) electrons. The van der Waals surface area contributed by atoms with Crippen LogP contribution in [0.3, 0.4) is 0 Å². The van der Waals surface area contributed by atoms with Gasteiger partial charge in [-0.25, -0.2) is 0 Å². The van der Waals surface area contributed by atoms with Crippen LogP contribution in [-0.2, 0) is 6.42 Å². The minimum absolute atomic E-state index is 0.163. The summed E-state index contributed by atoms with van der Waals surface area (Å²) >= 11 is 0. The minimum atomic E-state index is 0.163. The van der Waals surface area contributed by atoms with Gasteiger partial charge < -0.3 is 15.8 Å². The first-order valence-corrected chi connectivity index (χ1v) is 6.21. The van der Waals surface area contributed by atoms with Gasteiger partial charge in [-0.05, 0) is 38.8 Å². The number of fused-ring (bicyclic) bond motifs is 1. The summed E-state index contributed by atoms with van der Waals surface area (Å²) in [4.78, 5) is 0. The fourth-order valence-electron chi connectivity index (χ4n) is 2.09. The van der Waals surface area contributed by atoms with Crippen molar-refractivity contribution in [2.75, 3.05) is 18.9 Å². The van der Waals surface area contributed by atoms with Crippen LogP contribution in [-0.4, -0.2) is 18.7 Å². The highest BCUT2D eigenvalue weighted by Gasteiger charge is 2.22. The van der Waals surface area contributed by atoms with E-state index in [1.165, 1.54) is 5.56 Å². The number of benzene rings is 1. The molecule has 2 rings (SSSR count). The molecule has 1 aliphatic heterocycles. The molecule has 1 aliphatic rings. The molecule has 94 valence electrons. The molecule has 0 saturated carbocycles. The molecule has 0 spiro atoms. The summed E-state index contributed by atoms with van der Waals surface area (Å²) in [7, 11) is 0. The van der Waals surface area contributed by atoms with Crippen molar-refractivity contribution in [1.29, 1.82) is 0 Å². The van der Waals surface area contributed by atoms with Crippen molar-refractivity contribution in [2.24, 2.45) is 5.92 Å². The van der Waals surface area contributed by atoms with Gasteiger partial charge in [0.2, 0.25) is 0 Å². The van der Waals surface area contributed by atoms with Gasteiger partial charge in [0.05, 0.1) is 12.3 Å². The van der Waals surface area contributed by atoms with Gasteiger partial charge in [0.25, 0.3) is 0 Å². The fraction of sp³-hybridized carbons (Fsp3) is 0.571. The molecule has 0 saturated heterocycles. The summed E-state index contributed by atoms with van der Waals surface area (Å²) < 4.78 is 5.77. The zero-order valence-corrected chi connectivity index (χ0v) is 10.9. The standard InChI is InChI=1S/C14H22N2O/c1-14(2,3)16-8-10-7-11-5-4-6-12(15)13(11)17-9-10/h4-6,10,16H,7-9,15H2,1-3H3. The third kappa shape index (κ3) is 3.13. The van der Waals surface area contributed by atoms with Crippen LogP contribution in [0.15, 0.2) is 18.2 Å². The number of nitrogens with two attached hydrogens (primary N) is 1. The number of hydrogen-bond donors (Lipinski definition) is 2. The summed E-state index contributed by atoms with van der Waals surface area (Å²) in [6.45, 7) is 8.29. The van der Waals surface area contributed by atoms with Crippen molar-refractivity contribution in [1.82, 2.24) is 5.32 Å². The lowest BCUT2D eigenvalue weighted by molar-refractivity contribution is 0.210. The average Bonchev–Trinajstić information content (AvgIpc) is 2.26. The normalized spacial score (nSPS) is 19.6. The van der Waals surface area contributed by atoms with E-state index in [4.69, 9.17) is 10.5 Å². The van der Waals surface area contributed by atoms with E-state index in [0.717, 1.165) is 31.0 Å². The molecule has 3 heteroatoms. The van der Waals surface area contributed by atoms with Gasteiger partial charge in [0, 0.05) is 18.0 Å². The van der Waals surface area contributed by atoms with E-state index in [9.17, 15) is 0 Å². The number of nitrogen functional groups attached to an aromatic ring is 1. The topological polar surface area (TPSA) is 47.3 Å². The molecule has 1 aromatic carbocycles. The third-order valence-corrected chi connectivity index (χ3v) is 3.02. The highest BCUT2D eigenvalue weighted by Crippen LogP contribution is 2.32. The second kappa shape index (κ2) is 4.57. The van der Waals surface area contributed by atoms with Gasteiger partial charge in [-0.3, -0.25) is 0 Å². The Kier molecular flexibility index (Phi) is 3.29. The zero-order chi connectivity index (χ0) is 12.5. The molecule has 1 unspecified atom stereocenters. The average molecular weight is 234 g/mol. The van der Waals surface area contributed by atoms with Crippen molar-refractivity contribution >= 4 is 5.69 Å². The maximum absolute atomic E-state index is 5.89. The van der Waals surface area contributed by atoms with Crippen LogP contribution in [0.2, 0.25) is 0 Å². The Morgan fingerprint density at radius 2 is 2.18 bits per heavy atom. The van der Waals surface area contributed by atoms with Crippen molar-refractivity contribution in [3.8, 4) is 5.75 Å². The smallest absolute Gasteiger partial charge is 0.145 e. The maximum atomic E-state index is 5.89. The number of nitrogens with one attached hydrogen (secondary N) is 1. The van der Waals surface area contributed by atoms with E-state index in [-0.39, 0.29) is 5.54 Å². The number of hydrogen-bond acceptors (Lipinski definition) is 3. The lowest BCUT2D eigenvalue weighted by atomic mass is 9.95. The lowest BCUT2D eigenvalue weighted by Gasteiger charge is -2.29. The summed E-state index contributed by atoms with van der Waals surface area (Å²) in [6, 6.07) is 6.00. The van der Waals surface area contributed by atoms with Crippen LogP contribution in [0.4, 0.5) is 5.69 Å². The number of anilines is 1. The second-order valence-corrected chi connectivity index (χ2v) is 5.85. The maximum Gasteiger partial charge on any atom is 0.145 e. The van der Waals surface area contributed by atoms with Crippen molar-refractivity contribution < 1.29 is 4.74 Å². The molecule has 3 N–H and O–H groups in total. The summed E-state index contributed by atoms with van der Waals surface area (Å²) in [5.41, 5.74) is 8.04. The molecule has 1 heterocycles. The van der Waals surface area contributed by atoms with Crippen LogP contribution < -0.4 is 15.8 Å². The molecule has 17 heavy (non-hydrogen) atoms. The van der Waals surface area contributed by atoms with Gasteiger partial charge in [-0.2, -0.15) is 0 Å². The van der Waals surface area contributed by atoms with Crippen molar-refractivity contribution in [2.45, 2.75) is 32.7 Å². The quantitative estimate of drug-likeness (QED) is 0.771. The molecule has 1 aromatic rings. The van der Waals surface area contributed by atoms with E-state index < -0.39 is 0 Å². The van der Waals surface area contributed by atoms with Crippen molar-refractivity contribution in [3.63, 3.8) is 0 Å². The molecule has 0 fully saturated rings. The van der Waals surface area contributed by atoms with Crippen LogP contribution in [0.25, 0.3) is 0 Å². The Hall–Kier alpha value is -1.22. The van der Waals surface area contributed by atoms with E-state index >= 15 is 0 Å². The summed E-state index contributed by atoms with van der Waals surface area (Å²) in [5, 5.41) is 3.53. The van der Waals surface area contributed by atoms with Crippen LogP contribution in [0.5, 0.6) is 5.75 Å². The first-order valence-electron chi connectivity index (χ1n) is 6.21. The van der Waals surface area contributed by atoms with Gasteiger partial charge in [0.1, 0.15) is 5.75 Å². The van der Waals surface area contributed by atoms with E-state index in [0.29, 0.717) is 5.92 Å². The molecule has 0 amide bonds. The Morgan fingerprint density at radius 3 is 2.88 bits per heavy atom. The van der Waals surface area contributed by atoms with Gasteiger partial charge in [-0.15, -0.1) is 0 Å². The fourth-order valence-corrected chi connectivity index (χ4v) is 2.09. The van der Waals surface area contributed by atoms with E-state index in [2.05, 4.69) is 32.2 Å². The highest BCUT2D eigenvalue weighted by atomic mass is 16.5. The molecule has 0 aromatic heterocycles. The van der Waals surface area contributed by atoms with Crippen LogP contribution >= 0.6 is 0 Å². The molecular formula is C14H22N2O. The minimum Gasteiger partial charge on any atom is -0.491 e. The summed E-state index contributed by atoms with van der Waals surface area (Å²) in [5.74, 6) is 1.42. The number of ether oxygens (including phenoxy) is 1. The Bertz CT molecular complexity index is 396. The predicted molar refractivity (Wildman–Crippen MR) is 71.3 cm³/mol. The van der Waals surface area contributed by atoms with Gasteiger partial charge in [-0.1, -0.05) is 12.1 Å². The SMILES string of the molecule is CC(C)(C)NCC1COc2c(N)cccc2C1. The molecule has 0 bridgehead atoms. The van der Waals surface area contributed by atoms with Crippen molar-refractivity contribution in [3.05, 3.63) is 23.8 Å². The Morgan fingerprint density at radius 1 is 1.41 bits per heavy atom. The Balaban J connectivity index is 1.99. The van der Waals surface area contributed by atoms with E-state index in [1.54, 1.807) is 0 Å². The largest absolute Gasteiger partial charge is 0.491 e. The zero-order valence-electron chi connectivity index (χ0n) is 10.9. The lowest BCUT2D eigenvalue weighted by Crippen LogP contribution is -2.41. The number of rotatable bonds is 2. The first-order chi connectivity index (χ1) is 7.96. The van der Waals surface area contributed by atoms with E-state index in [1.807, 2.05) is 12.1 Å². The molecule has 3 nitrogen and oxygen atoms in total. The monoisotopic (exact) mass is 234 g/mol. The van der Waals surface area contributed by atoms with Crippen LogP contribution in [0, 0.1) is 5.92 Å². The number of para-hydroxylation sites is 1. The molecule has 1 atom stereocenters. The predicted octanol–water partition coefficient (Wildman–Crippen LogP) is 2.21. The molecule has 0 aliphatic carbocycles. The highest BCUT2D eigenvalue weighted by molar-refractivity contribution is 5.57. The third-order valence-electron chi connectivity index (χ3n) is 3.02. The van der Waals surface area contributed by atoms with Gasteiger partial charge in [0.15, 0.2) is 0 Å². The second-order valence-electron chi connectivity index (χ2n) is 5.85. The molecular weight excluding hydrogens is 212 g/mol. The van der Waals surface area contributed by atoms with Gasteiger partial charge >= 0.3 is 0 Å². The van der Waals surface area contributed by atoms with Crippen LogP contribution in [0.1, 0.15) is 26.3 Å². The first kappa shape index (κ1) is 12.2. The Labute approximate surface area is 103 Å². The summed E-state index contributed by atoms with van der Waals surface area (Å²) in [6.07, 6.45) is 1.05.